The van der Waals surface area contributed by atoms with Crippen molar-refractivity contribution in [3.63, 3.8) is 0 Å². The summed E-state index contributed by atoms with van der Waals surface area (Å²) in [6, 6.07) is 14.9. The van der Waals surface area contributed by atoms with Crippen molar-refractivity contribution in [2.75, 3.05) is 18.6 Å². The lowest BCUT2D eigenvalue weighted by Crippen LogP contribution is -2.33. The van der Waals surface area contributed by atoms with E-state index in [4.69, 9.17) is 21.7 Å². The Balaban J connectivity index is 1.63. The summed E-state index contributed by atoms with van der Waals surface area (Å²) in [4.78, 5) is 28.7. The van der Waals surface area contributed by atoms with Gasteiger partial charge in [0.1, 0.15) is 5.69 Å². The fourth-order valence-electron chi connectivity index (χ4n) is 4.05. The van der Waals surface area contributed by atoms with Gasteiger partial charge in [0.05, 0.1) is 30.0 Å². The van der Waals surface area contributed by atoms with Crippen LogP contribution in [-0.4, -0.2) is 33.3 Å². The fraction of sp³-hybridized carbons (Fsp3) is 0.296. The molecule has 9 heteroatoms. The number of nitrogens with zero attached hydrogens (tertiary/aromatic N) is 3. The highest BCUT2D eigenvalue weighted by Gasteiger charge is 2.37. The van der Waals surface area contributed by atoms with Gasteiger partial charge in [-0.2, -0.15) is 0 Å². The van der Waals surface area contributed by atoms with Gasteiger partial charge in [0.15, 0.2) is 15.8 Å². The van der Waals surface area contributed by atoms with Crippen LogP contribution >= 0.6 is 24.0 Å². The molecule has 0 radical (unpaired) electrons. The third-order valence-electron chi connectivity index (χ3n) is 6.03. The maximum Gasteiger partial charge on any atom is 0.296 e. The number of aromatic nitrogens is 2. The molecule has 1 aliphatic heterocycles. The molecular formula is C27H29N3O4S2. The number of hydrogen-bond donors (Lipinski definition) is 0. The second kappa shape index (κ2) is 11.2. The van der Waals surface area contributed by atoms with Crippen LogP contribution in [0.25, 0.3) is 11.8 Å². The number of amides is 1. The molecule has 0 unspecified atom stereocenters. The summed E-state index contributed by atoms with van der Waals surface area (Å²) in [5.74, 6) is 0.940. The first-order chi connectivity index (χ1) is 17.4. The first-order valence-corrected chi connectivity index (χ1v) is 13.0. The number of carbonyl (C=O) groups is 1. The molecule has 1 aliphatic rings. The number of para-hydroxylation sites is 1. The quantitative estimate of drug-likeness (QED) is 0.211. The lowest BCUT2D eigenvalue weighted by Gasteiger charge is -2.12. The van der Waals surface area contributed by atoms with Crippen LogP contribution < -0.4 is 19.9 Å². The molecule has 1 saturated heterocycles. The van der Waals surface area contributed by atoms with Crippen molar-refractivity contribution in [3.8, 4) is 17.2 Å². The lowest BCUT2D eigenvalue weighted by molar-refractivity contribution is -0.113. The first-order valence-electron chi connectivity index (χ1n) is 11.8. The van der Waals surface area contributed by atoms with Crippen molar-refractivity contribution < 1.29 is 14.3 Å². The molecule has 1 fully saturated rings. The van der Waals surface area contributed by atoms with Crippen LogP contribution in [0.2, 0.25) is 0 Å². The maximum absolute atomic E-state index is 13.4. The van der Waals surface area contributed by atoms with Gasteiger partial charge in [-0.05, 0) is 49.2 Å². The van der Waals surface area contributed by atoms with Gasteiger partial charge < -0.3 is 9.47 Å². The lowest BCUT2D eigenvalue weighted by atomic mass is 10.1. The highest BCUT2D eigenvalue weighted by Crippen LogP contribution is 2.37. The number of thioether (sulfide) groups is 1. The van der Waals surface area contributed by atoms with E-state index in [9.17, 15) is 9.59 Å². The Labute approximate surface area is 220 Å². The van der Waals surface area contributed by atoms with Gasteiger partial charge in [-0.3, -0.25) is 19.2 Å². The molecule has 1 aromatic heterocycles. The number of methoxy groups -OCH3 is 1. The summed E-state index contributed by atoms with van der Waals surface area (Å²) in [5, 5.41) is 0. The number of thiocarbonyl (C=S) groups is 1. The number of hydrogen-bond acceptors (Lipinski definition) is 6. The van der Waals surface area contributed by atoms with Crippen molar-refractivity contribution in [1.29, 1.82) is 0 Å². The van der Waals surface area contributed by atoms with Crippen molar-refractivity contribution in [3.05, 3.63) is 75.0 Å². The van der Waals surface area contributed by atoms with E-state index in [1.54, 1.807) is 24.9 Å². The zero-order valence-electron chi connectivity index (χ0n) is 20.8. The van der Waals surface area contributed by atoms with E-state index in [2.05, 4.69) is 6.92 Å². The van der Waals surface area contributed by atoms with Gasteiger partial charge in [-0.15, -0.1) is 0 Å². The molecule has 3 aromatic rings. The molecule has 36 heavy (non-hydrogen) atoms. The van der Waals surface area contributed by atoms with Gasteiger partial charge in [0.25, 0.3) is 11.5 Å². The van der Waals surface area contributed by atoms with Gasteiger partial charge in [-0.1, -0.05) is 68.0 Å². The van der Waals surface area contributed by atoms with Crippen LogP contribution in [0.5, 0.6) is 11.5 Å². The van der Waals surface area contributed by atoms with Crippen LogP contribution in [0.3, 0.4) is 0 Å². The second-order valence-corrected chi connectivity index (χ2v) is 10.1. The van der Waals surface area contributed by atoms with E-state index >= 15 is 0 Å². The number of anilines is 1. The third-order valence-corrected chi connectivity index (χ3v) is 7.33. The highest BCUT2D eigenvalue weighted by atomic mass is 32.2. The Morgan fingerprint density at radius 1 is 1.06 bits per heavy atom. The minimum Gasteiger partial charge on any atom is -0.493 e. The van der Waals surface area contributed by atoms with Crippen LogP contribution in [0.1, 0.15) is 37.4 Å². The molecule has 0 spiro atoms. The predicted molar refractivity (Wildman–Crippen MR) is 149 cm³/mol. The van der Waals surface area contributed by atoms with Gasteiger partial charge >= 0.3 is 0 Å². The number of carbonyl (C=O) groups excluding carboxylic acids is 1. The molecule has 0 bridgehead atoms. The van der Waals surface area contributed by atoms with Crippen molar-refractivity contribution in [1.82, 2.24) is 9.36 Å². The summed E-state index contributed by atoms with van der Waals surface area (Å²) >= 11 is 6.72. The predicted octanol–water partition coefficient (Wildman–Crippen LogP) is 5.47. The highest BCUT2D eigenvalue weighted by molar-refractivity contribution is 8.27. The molecular weight excluding hydrogens is 494 g/mol. The molecule has 1 amide bonds. The number of ether oxygens (including phenoxy) is 2. The van der Waals surface area contributed by atoms with Gasteiger partial charge in [0.2, 0.25) is 0 Å². The minimum absolute atomic E-state index is 0.265. The van der Waals surface area contributed by atoms with E-state index < -0.39 is 0 Å². The molecule has 0 atom stereocenters. The number of rotatable bonds is 9. The summed E-state index contributed by atoms with van der Waals surface area (Å²) in [5.41, 5.74) is 2.10. The third kappa shape index (κ3) is 4.99. The number of unbranched alkanes of at least 4 members (excludes halogenated alkanes) is 2. The van der Waals surface area contributed by atoms with E-state index in [1.165, 1.54) is 21.3 Å². The summed E-state index contributed by atoms with van der Waals surface area (Å²) in [7, 11) is 3.38. The molecule has 0 N–H and O–H groups in total. The number of benzene rings is 2. The Morgan fingerprint density at radius 3 is 2.50 bits per heavy atom. The minimum atomic E-state index is -0.324. The smallest absolute Gasteiger partial charge is 0.296 e. The zero-order chi connectivity index (χ0) is 25.8. The molecule has 2 heterocycles. The molecule has 188 valence electrons. The SMILES string of the molecule is CCCCCOc1ccc(/C=C2\SC(=S)N(c3c(C)n(C)n(-c4ccccc4)c3=O)C2=O)cc1OC. The molecule has 4 rings (SSSR count). The average molecular weight is 524 g/mol. The topological polar surface area (TPSA) is 65.7 Å². The zero-order valence-corrected chi connectivity index (χ0v) is 22.4. The fourth-order valence-corrected chi connectivity index (χ4v) is 5.32. The maximum atomic E-state index is 13.4. The molecule has 2 aromatic carbocycles. The van der Waals surface area contributed by atoms with E-state index in [0.717, 1.165) is 24.8 Å². The van der Waals surface area contributed by atoms with E-state index in [0.29, 0.717) is 38.7 Å². The summed E-state index contributed by atoms with van der Waals surface area (Å²) in [6.07, 6.45) is 4.98. The Bertz CT molecular complexity index is 1380. The summed E-state index contributed by atoms with van der Waals surface area (Å²) < 4.78 is 15.0. The van der Waals surface area contributed by atoms with Crippen LogP contribution in [-0.2, 0) is 11.8 Å². The van der Waals surface area contributed by atoms with Crippen molar-refractivity contribution in [2.24, 2.45) is 7.05 Å². The standard InChI is InChI=1S/C27H29N3O4S2/c1-5-6-10-15-34-21-14-13-19(16-22(21)33-4)17-23-25(31)29(27(35)36-23)24-18(2)28(3)30(26(24)32)20-11-8-7-9-12-20/h7-9,11-14,16-17H,5-6,10,15H2,1-4H3/b23-17-. The second-order valence-electron chi connectivity index (χ2n) is 8.39. The first kappa shape index (κ1) is 25.8. The van der Waals surface area contributed by atoms with Crippen LogP contribution in [0.15, 0.2) is 58.2 Å². The molecule has 0 aliphatic carbocycles. The largest absolute Gasteiger partial charge is 0.493 e. The van der Waals surface area contributed by atoms with Crippen molar-refractivity contribution >= 4 is 46.0 Å². The Kier molecular flexibility index (Phi) is 8.01. The van der Waals surface area contributed by atoms with Crippen molar-refractivity contribution in [2.45, 2.75) is 33.1 Å². The van der Waals surface area contributed by atoms with Crippen LogP contribution in [0, 0.1) is 6.92 Å². The van der Waals surface area contributed by atoms with Crippen LogP contribution in [0.4, 0.5) is 5.69 Å². The Hall–Kier alpha value is -3.30. The normalized spacial score (nSPS) is 14.7. The Morgan fingerprint density at radius 2 is 1.81 bits per heavy atom. The monoisotopic (exact) mass is 523 g/mol. The van der Waals surface area contributed by atoms with Gasteiger partial charge in [0, 0.05) is 7.05 Å². The van der Waals surface area contributed by atoms with E-state index in [1.807, 2.05) is 55.5 Å². The summed E-state index contributed by atoms with van der Waals surface area (Å²) in [6.45, 7) is 4.58. The molecule has 7 nitrogen and oxygen atoms in total. The van der Waals surface area contributed by atoms with E-state index in [-0.39, 0.29) is 17.2 Å². The van der Waals surface area contributed by atoms with Gasteiger partial charge in [-0.25, -0.2) is 4.68 Å². The average Bonchev–Trinajstić information content (AvgIpc) is 3.27. The molecule has 0 saturated carbocycles.